The van der Waals surface area contributed by atoms with Crippen LogP contribution in [0.25, 0.3) is 0 Å². The van der Waals surface area contributed by atoms with Gasteiger partial charge in [-0.05, 0) is 74.7 Å². The van der Waals surface area contributed by atoms with Crippen molar-refractivity contribution in [2.75, 3.05) is 37.7 Å². The molecular weight excluding hydrogens is 336 g/mol. The number of amides is 1. The second kappa shape index (κ2) is 8.57. The van der Waals surface area contributed by atoms with Gasteiger partial charge < -0.3 is 14.5 Å². The maximum atomic E-state index is 12.8. The summed E-state index contributed by atoms with van der Waals surface area (Å²) in [6, 6.07) is 15.7. The average molecular weight is 364 g/mol. The quantitative estimate of drug-likeness (QED) is 0.722. The summed E-state index contributed by atoms with van der Waals surface area (Å²) in [6.45, 7) is 5.06. The first-order chi connectivity index (χ1) is 13.3. The Kier molecular flexibility index (Phi) is 5.73. The van der Waals surface area contributed by atoms with E-state index < -0.39 is 0 Å². The Labute approximate surface area is 161 Å². The fourth-order valence-corrected chi connectivity index (χ4v) is 4.06. The molecule has 2 aliphatic heterocycles. The van der Waals surface area contributed by atoms with Gasteiger partial charge in [-0.2, -0.15) is 0 Å². The van der Waals surface area contributed by atoms with Gasteiger partial charge in [0, 0.05) is 24.3 Å². The predicted molar refractivity (Wildman–Crippen MR) is 109 cm³/mol. The molecule has 0 unspecified atom stereocenters. The van der Waals surface area contributed by atoms with Gasteiger partial charge in [0.2, 0.25) is 0 Å². The van der Waals surface area contributed by atoms with Crippen molar-refractivity contribution >= 4 is 11.6 Å². The highest BCUT2D eigenvalue weighted by Crippen LogP contribution is 2.29. The summed E-state index contributed by atoms with van der Waals surface area (Å²) in [5.74, 6) is 0.906. The fourth-order valence-electron chi connectivity index (χ4n) is 4.06. The van der Waals surface area contributed by atoms with E-state index in [1.54, 1.807) is 0 Å². The van der Waals surface area contributed by atoms with Crippen LogP contribution in [0.5, 0.6) is 5.75 Å². The predicted octanol–water partition coefficient (Wildman–Crippen LogP) is 4.14. The Morgan fingerprint density at radius 3 is 2.52 bits per heavy atom. The summed E-state index contributed by atoms with van der Waals surface area (Å²) < 4.78 is 5.86. The Morgan fingerprint density at radius 2 is 1.70 bits per heavy atom. The van der Waals surface area contributed by atoms with Gasteiger partial charge in [-0.1, -0.05) is 24.6 Å². The molecule has 1 fully saturated rings. The summed E-state index contributed by atoms with van der Waals surface area (Å²) in [7, 11) is 0. The molecule has 0 atom stereocenters. The number of nitrogens with zero attached hydrogens (tertiary/aromatic N) is 2. The van der Waals surface area contributed by atoms with Crippen molar-refractivity contribution in [1.29, 1.82) is 0 Å². The summed E-state index contributed by atoms with van der Waals surface area (Å²) in [4.78, 5) is 17.2. The van der Waals surface area contributed by atoms with Crippen LogP contribution in [0.2, 0.25) is 0 Å². The first-order valence-corrected chi connectivity index (χ1v) is 10.2. The van der Waals surface area contributed by atoms with Crippen LogP contribution in [-0.2, 0) is 6.42 Å². The minimum absolute atomic E-state index is 0.0663. The third-order valence-corrected chi connectivity index (χ3v) is 5.57. The first-order valence-electron chi connectivity index (χ1n) is 10.2. The summed E-state index contributed by atoms with van der Waals surface area (Å²) in [6.07, 6.45) is 6.02. The van der Waals surface area contributed by atoms with Crippen LogP contribution in [0.15, 0.2) is 48.5 Å². The van der Waals surface area contributed by atoms with Crippen LogP contribution in [0.3, 0.4) is 0 Å². The van der Waals surface area contributed by atoms with E-state index in [0.717, 1.165) is 44.0 Å². The highest BCUT2D eigenvalue weighted by Gasteiger charge is 2.24. The molecule has 0 aliphatic carbocycles. The lowest BCUT2D eigenvalue weighted by atomic mass is 10.1. The molecule has 4 rings (SSSR count). The van der Waals surface area contributed by atoms with Crippen molar-refractivity contribution in [3.8, 4) is 5.75 Å². The number of carbonyl (C=O) groups is 1. The van der Waals surface area contributed by atoms with E-state index in [0.29, 0.717) is 5.56 Å². The van der Waals surface area contributed by atoms with Gasteiger partial charge in [0.1, 0.15) is 5.75 Å². The number of likely N-dealkylation sites (tertiary alicyclic amines) is 1. The molecule has 0 spiro atoms. The van der Waals surface area contributed by atoms with Crippen molar-refractivity contribution in [3.05, 3.63) is 59.7 Å². The molecule has 4 heteroatoms. The second-order valence-corrected chi connectivity index (χ2v) is 7.46. The van der Waals surface area contributed by atoms with E-state index >= 15 is 0 Å². The molecule has 27 heavy (non-hydrogen) atoms. The summed E-state index contributed by atoms with van der Waals surface area (Å²) in [5, 5.41) is 0. The molecule has 2 aromatic carbocycles. The number of fused-ring (bicyclic) bond motifs is 1. The molecule has 2 heterocycles. The van der Waals surface area contributed by atoms with Crippen molar-refractivity contribution in [3.63, 3.8) is 0 Å². The summed E-state index contributed by atoms with van der Waals surface area (Å²) in [5.41, 5.74) is 3.01. The van der Waals surface area contributed by atoms with Gasteiger partial charge in [-0.3, -0.25) is 4.79 Å². The zero-order chi connectivity index (χ0) is 18.5. The van der Waals surface area contributed by atoms with Gasteiger partial charge in [0.25, 0.3) is 5.91 Å². The number of carbonyl (C=O) groups excluding carboxylic acids is 1. The van der Waals surface area contributed by atoms with Crippen molar-refractivity contribution in [2.45, 2.75) is 32.1 Å². The molecule has 0 N–H and O–H groups in total. The number of hydrogen-bond acceptors (Lipinski definition) is 3. The molecule has 4 nitrogen and oxygen atoms in total. The Hall–Kier alpha value is -2.33. The standard InChI is InChI=1S/C23H28N2O2/c26-23(25-17-13-19-7-2-3-8-22(19)25)20-9-11-21(12-10-20)27-18-6-16-24-14-4-1-5-15-24/h2-3,7-12H,1,4-6,13-18H2. The van der Waals surface area contributed by atoms with E-state index in [1.165, 1.54) is 37.9 Å². The van der Waals surface area contributed by atoms with Crippen LogP contribution in [-0.4, -0.2) is 43.6 Å². The van der Waals surface area contributed by atoms with E-state index in [4.69, 9.17) is 4.74 Å². The molecule has 0 bridgehead atoms. The van der Waals surface area contributed by atoms with Crippen molar-refractivity contribution in [1.82, 2.24) is 4.90 Å². The maximum absolute atomic E-state index is 12.8. The highest BCUT2D eigenvalue weighted by molar-refractivity contribution is 6.07. The highest BCUT2D eigenvalue weighted by atomic mass is 16.5. The minimum atomic E-state index is 0.0663. The summed E-state index contributed by atoms with van der Waals surface area (Å²) >= 11 is 0. The zero-order valence-electron chi connectivity index (χ0n) is 15.9. The normalized spacial score (nSPS) is 17.0. The monoisotopic (exact) mass is 364 g/mol. The molecule has 0 saturated carbocycles. The number of hydrogen-bond donors (Lipinski definition) is 0. The zero-order valence-corrected chi connectivity index (χ0v) is 15.9. The van der Waals surface area contributed by atoms with Crippen LogP contribution in [0.4, 0.5) is 5.69 Å². The van der Waals surface area contributed by atoms with Crippen molar-refractivity contribution < 1.29 is 9.53 Å². The Bertz CT molecular complexity index is 766. The molecular formula is C23H28N2O2. The van der Waals surface area contributed by atoms with E-state index in [-0.39, 0.29) is 5.91 Å². The van der Waals surface area contributed by atoms with E-state index in [2.05, 4.69) is 11.0 Å². The maximum Gasteiger partial charge on any atom is 0.258 e. The Morgan fingerprint density at radius 1 is 0.926 bits per heavy atom. The number of piperidine rings is 1. The smallest absolute Gasteiger partial charge is 0.258 e. The van der Waals surface area contributed by atoms with Gasteiger partial charge in [0.05, 0.1) is 6.61 Å². The van der Waals surface area contributed by atoms with Gasteiger partial charge in [-0.25, -0.2) is 0 Å². The largest absolute Gasteiger partial charge is 0.494 e. The minimum Gasteiger partial charge on any atom is -0.494 e. The fraction of sp³-hybridized carbons (Fsp3) is 0.435. The molecule has 2 aliphatic rings. The third kappa shape index (κ3) is 4.33. The number of rotatable bonds is 6. The van der Waals surface area contributed by atoms with Crippen LogP contribution < -0.4 is 9.64 Å². The molecule has 1 saturated heterocycles. The Balaban J connectivity index is 1.28. The van der Waals surface area contributed by atoms with Crippen LogP contribution in [0.1, 0.15) is 41.6 Å². The molecule has 1 amide bonds. The SMILES string of the molecule is O=C(c1ccc(OCCCN2CCCCC2)cc1)N1CCc2ccccc21. The number of para-hydroxylation sites is 1. The van der Waals surface area contributed by atoms with Crippen LogP contribution in [0, 0.1) is 0 Å². The first kappa shape index (κ1) is 18.1. The van der Waals surface area contributed by atoms with E-state index in [9.17, 15) is 4.79 Å². The number of ether oxygens (including phenoxy) is 1. The lowest BCUT2D eigenvalue weighted by Gasteiger charge is -2.26. The molecule has 2 aromatic rings. The van der Waals surface area contributed by atoms with Gasteiger partial charge in [-0.15, -0.1) is 0 Å². The van der Waals surface area contributed by atoms with Crippen LogP contribution >= 0.6 is 0 Å². The molecule has 0 aromatic heterocycles. The van der Waals surface area contributed by atoms with Crippen molar-refractivity contribution in [2.24, 2.45) is 0 Å². The van der Waals surface area contributed by atoms with Gasteiger partial charge in [0.15, 0.2) is 0 Å². The lowest BCUT2D eigenvalue weighted by Crippen LogP contribution is -2.31. The number of benzene rings is 2. The second-order valence-electron chi connectivity index (χ2n) is 7.46. The molecule has 0 radical (unpaired) electrons. The average Bonchev–Trinajstić information content (AvgIpc) is 3.16. The van der Waals surface area contributed by atoms with E-state index in [1.807, 2.05) is 47.4 Å². The van der Waals surface area contributed by atoms with Gasteiger partial charge >= 0.3 is 0 Å². The lowest BCUT2D eigenvalue weighted by molar-refractivity contribution is 0.0989. The number of anilines is 1. The third-order valence-electron chi connectivity index (χ3n) is 5.57. The topological polar surface area (TPSA) is 32.8 Å². The molecule has 142 valence electrons.